The van der Waals surface area contributed by atoms with Crippen LogP contribution in [0.4, 0.5) is 5.69 Å². The van der Waals surface area contributed by atoms with Crippen molar-refractivity contribution in [2.45, 2.75) is 12.8 Å². The molecule has 3 aromatic rings. The van der Waals surface area contributed by atoms with Gasteiger partial charge in [0.15, 0.2) is 0 Å². The van der Waals surface area contributed by atoms with Gasteiger partial charge in [-0.15, -0.1) is 0 Å². The first-order chi connectivity index (χ1) is 13.0. The Bertz CT molecular complexity index is 1010. The molecule has 0 heterocycles. The van der Waals surface area contributed by atoms with Crippen LogP contribution in [0, 0.1) is 10.1 Å². The van der Waals surface area contributed by atoms with E-state index in [1.165, 1.54) is 20.3 Å². The van der Waals surface area contributed by atoms with Crippen molar-refractivity contribution >= 4 is 22.4 Å². The lowest BCUT2D eigenvalue weighted by atomic mass is 9.96. The number of carbonyl (C=O) groups is 1. The molecule has 0 saturated carbocycles. The van der Waals surface area contributed by atoms with E-state index in [0.717, 1.165) is 16.3 Å². The number of nitrogens with zero attached hydrogens (tertiary/aromatic N) is 1. The molecule has 0 atom stereocenters. The van der Waals surface area contributed by atoms with Gasteiger partial charge in [-0.25, -0.2) is 0 Å². The van der Waals surface area contributed by atoms with Gasteiger partial charge in [0.25, 0.3) is 0 Å². The molecule has 6 heteroatoms. The van der Waals surface area contributed by atoms with E-state index in [1.807, 2.05) is 48.5 Å². The molecule has 0 bridgehead atoms. The Balaban J connectivity index is 2.14. The first-order valence-corrected chi connectivity index (χ1v) is 8.44. The number of benzene rings is 3. The number of nitro groups is 1. The number of rotatable bonds is 6. The number of fused-ring (bicyclic) bond motifs is 1. The Hall–Kier alpha value is -3.41. The smallest absolute Gasteiger partial charge is 0.311 e. The van der Waals surface area contributed by atoms with Gasteiger partial charge in [-0.1, -0.05) is 36.4 Å². The molecule has 27 heavy (non-hydrogen) atoms. The predicted molar refractivity (Wildman–Crippen MR) is 103 cm³/mol. The summed E-state index contributed by atoms with van der Waals surface area (Å²) in [6, 6.07) is 17.0. The van der Waals surface area contributed by atoms with Crippen molar-refractivity contribution in [2.24, 2.45) is 0 Å². The minimum atomic E-state index is -0.467. The number of ether oxygens (including phenoxy) is 2. The summed E-state index contributed by atoms with van der Waals surface area (Å²) in [4.78, 5) is 22.5. The fourth-order valence-corrected chi connectivity index (χ4v) is 3.09. The highest BCUT2D eigenvalue weighted by Gasteiger charge is 2.22. The fourth-order valence-electron chi connectivity index (χ4n) is 3.09. The monoisotopic (exact) mass is 365 g/mol. The minimum Gasteiger partial charge on any atom is -0.490 e. The number of carbonyl (C=O) groups excluding carboxylic acids is 1. The summed E-state index contributed by atoms with van der Waals surface area (Å²) in [7, 11) is 2.74. The Morgan fingerprint density at radius 1 is 1.04 bits per heavy atom. The summed E-state index contributed by atoms with van der Waals surface area (Å²) in [5.41, 5.74) is 1.99. The molecule has 0 amide bonds. The zero-order valence-corrected chi connectivity index (χ0v) is 15.1. The number of esters is 1. The van der Waals surface area contributed by atoms with Crippen molar-refractivity contribution < 1.29 is 19.2 Å². The first kappa shape index (κ1) is 18.4. The summed E-state index contributed by atoms with van der Waals surface area (Å²) in [5, 5.41) is 13.7. The van der Waals surface area contributed by atoms with Crippen LogP contribution in [0.1, 0.15) is 12.0 Å². The van der Waals surface area contributed by atoms with Crippen LogP contribution in [0.5, 0.6) is 5.75 Å². The molecule has 138 valence electrons. The van der Waals surface area contributed by atoms with Gasteiger partial charge in [-0.3, -0.25) is 14.9 Å². The molecule has 0 aromatic heterocycles. The quantitative estimate of drug-likeness (QED) is 0.364. The molecule has 0 aliphatic rings. The van der Waals surface area contributed by atoms with Gasteiger partial charge in [0.1, 0.15) is 0 Å². The van der Waals surface area contributed by atoms with Crippen molar-refractivity contribution in [3.63, 3.8) is 0 Å². The second kappa shape index (κ2) is 7.86. The average Bonchev–Trinajstić information content (AvgIpc) is 2.70. The maximum absolute atomic E-state index is 11.6. The summed E-state index contributed by atoms with van der Waals surface area (Å²) < 4.78 is 10.0. The molecular formula is C21H19NO5. The Labute approximate surface area is 156 Å². The SMILES string of the molecule is COC(=O)CCc1cc(-c2ccc3ccccc3c2)c(OC)c([N+](=O)[O-])c1. The molecule has 6 nitrogen and oxygen atoms in total. The Morgan fingerprint density at radius 3 is 2.44 bits per heavy atom. The number of nitro benzene ring substituents is 1. The van der Waals surface area contributed by atoms with Crippen LogP contribution in [0.3, 0.4) is 0 Å². The van der Waals surface area contributed by atoms with E-state index in [9.17, 15) is 14.9 Å². The minimum absolute atomic E-state index is 0.122. The van der Waals surface area contributed by atoms with E-state index in [4.69, 9.17) is 4.74 Å². The largest absolute Gasteiger partial charge is 0.490 e. The van der Waals surface area contributed by atoms with Crippen LogP contribution >= 0.6 is 0 Å². The van der Waals surface area contributed by atoms with Gasteiger partial charge < -0.3 is 9.47 Å². The van der Waals surface area contributed by atoms with Crippen molar-refractivity contribution in [3.05, 3.63) is 70.3 Å². The Kier molecular flexibility index (Phi) is 5.35. The molecule has 0 aliphatic carbocycles. The highest BCUT2D eigenvalue weighted by atomic mass is 16.6. The molecule has 3 rings (SSSR count). The van der Waals surface area contributed by atoms with Crippen LogP contribution in [-0.2, 0) is 16.0 Å². The van der Waals surface area contributed by atoms with Crippen molar-refractivity contribution in [1.29, 1.82) is 0 Å². The third-order valence-electron chi connectivity index (χ3n) is 4.44. The zero-order valence-electron chi connectivity index (χ0n) is 15.1. The van der Waals surface area contributed by atoms with E-state index in [0.29, 0.717) is 17.5 Å². The van der Waals surface area contributed by atoms with Gasteiger partial charge in [-0.05, 0) is 40.5 Å². The highest BCUT2D eigenvalue weighted by molar-refractivity contribution is 5.89. The van der Waals surface area contributed by atoms with E-state index in [1.54, 1.807) is 0 Å². The fraction of sp³-hybridized carbons (Fsp3) is 0.190. The summed E-state index contributed by atoms with van der Waals surface area (Å²) in [6.07, 6.45) is 0.495. The highest BCUT2D eigenvalue weighted by Crippen LogP contribution is 2.40. The van der Waals surface area contributed by atoms with Gasteiger partial charge in [-0.2, -0.15) is 0 Å². The van der Waals surface area contributed by atoms with E-state index in [2.05, 4.69) is 4.74 Å². The molecule has 0 unspecified atom stereocenters. The van der Waals surface area contributed by atoms with Crippen molar-refractivity contribution in [3.8, 4) is 16.9 Å². The molecule has 0 fully saturated rings. The number of aryl methyl sites for hydroxylation is 1. The molecule has 0 N–H and O–H groups in total. The average molecular weight is 365 g/mol. The van der Waals surface area contributed by atoms with E-state index in [-0.39, 0.29) is 23.8 Å². The second-order valence-corrected chi connectivity index (χ2v) is 6.09. The lowest BCUT2D eigenvalue weighted by Gasteiger charge is -2.12. The lowest BCUT2D eigenvalue weighted by Crippen LogP contribution is -2.03. The molecule has 0 spiro atoms. The van der Waals surface area contributed by atoms with Gasteiger partial charge >= 0.3 is 11.7 Å². The van der Waals surface area contributed by atoms with Crippen LogP contribution in [0.15, 0.2) is 54.6 Å². The standard InChI is InChI=1S/C21H19NO5/c1-26-20(23)10-7-14-11-18(21(27-2)19(12-14)22(24)25)17-9-8-15-5-3-4-6-16(15)13-17/h3-6,8-9,11-13H,7,10H2,1-2H3. The lowest BCUT2D eigenvalue weighted by molar-refractivity contribution is -0.385. The normalized spacial score (nSPS) is 10.6. The van der Waals surface area contributed by atoms with E-state index < -0.39 is 4.92 Å². The van der Waals surface area contributed by atoms with Crippen LogP contribution in [0.2, 0.25) is 0 Å². The molecule has 0 radical (unpaired) electrons. The van der Waals surface area contributed by atoms with Gasteiger partial charge in [0.2, 0.25) is 5.75 Å². The number of methoxy groups -OCH3 is 2. The maximum Gasteiger partial charge on any atom is 0.311 e. The maximum atomic E-state index is 11.6. The third kappa shape index (κ3) is 3.89. The number of hydrogen-bond acceptors (Lipinski definition) is 5. The van der Waals surface area contributed by atoms with Crippen LogP contribution in [-0.4, -0.2) is 25.1 Å². The molecule has 0 aliphatic heterocycles. The van der Waals surface area contributed by atoms with Crippen LogP contribution in [0.25, 0.3) is 21.9 Å². The summed E-state index contributed by atoms with van der Waals surface area (Å²) >= 11 is 0. The molecule has 0 saturated heterocycles. The predicted octanol–water partition coefficient (Wildman–Crippen LogP) is 4.53. The van der Waals surface area contributed by atoms with Gasteiger partial charge in [0, 0.05) is 18.1 Å². The second-order valence-electron chi connectivity index (χ2n) is 6.09. The first-order valence-electron chi connectivity index (χ1n) is 8.44. The Morgan fingerprint density at radius 2 is 1.78 bits per heavy atom. The number of hydrogen-bond donors (Lipinski definition) is 0. The zero-order chi connectivity index (χ0) is 19.4. The molecule has 3 aromatic carbocycles. The summed E-state index contributed by atoms with van der Waals surface area (Å²) in [6.45, 7) is 0. The third-order valence-corrected chi connectivity index (χ3v) is 4.44. The van der Waals surface area contributed by atoms with Crippen LogP contribution < -0.4 is 4.74 Å². The summed E-state index contributed by atoms with van der Waals surface area (Å²) in [5.74, 6) is -0.155. The molecular weight excluding hydrogens is 346 g/mol. The van der Waals surface area contributed by atoms with E-state index >= 15 is 0 Å². The van der Waals surface area contributed by atoms with Crippen molar-refractivity contribution in [1.82, 2.24) is 0 Å². The van der Waals surface area contributed by atoms with Gasteiger partial charge in [0.05, 0.1) is 19.1 Å². The topological polar surface area (TPSA) is 78.7 Å². The van der Waals surface area contributed by atoms with Crippen molar-refractivity contribution in [2.75, 3.05) is 14.2 Å².